The van der Waals surface area contributed by atoms with Crippen LogP contribution in [0.4, 0.5) is 4.39 Å². The number of carbonyl (C=O) groups excluding carboxylic acids is 1. The Balaban J connectivity index is 1.25. The number of rotatable bonds is 5. The highest BCUT2D eigenvalue weighted by Gasteiger charge is 2.44. The van der Waals surface area contributed by atoms with E-state index in [0.717, 1.165) is 16.6 Å². The minimum atomic E-state index is -0.450. The van der Waals surface area contributed by atoms with Crippen LogP contribution in [0, 0.1) is 5.82 Å². The summed E-state index contributed by atoms with van der Waals surface area (Å²) in [6.07, 6.45) is 0.881. The molecule has 0 aliphatic carbocycles. The highest BCUT2D eigenvalue weighted by molar-refractivity contribution is 7.20. The molecule has 2 aliphatic rings. The number of carbonyl (C=O) groups is 1. The number of aromatic nitrogens is 1. The first-order valence-corrected chi connectivity index (χ1v) is 10.4. The van der Waals surface area contributed by atoms with Crippen molar-refractivity contribution in [2.24, 2.45) is 0 Å². The Morgan fingerprint density at radius 3 is 2.83 bits per heavy atom. The molecule has 1 amide bonds. The van der Waals surface area contributed by atoms with E-state index < -0.39 is 6.61 Å². The van der Waals surface area contributed by atoms with Gasteiger partial charge in [-0.2, -0.15) is 0 Å². The van der Waals surface area contributed by atoms with E-state index in [0.29, 0.717) is 36.1 Å². The molecule has 3 heterocycles. The first-order chi connectivity index (χ1) is 14.1. The number of piperazine rings is 1. The van der Waals surface area contributed by atoms with Crippen molar-refractivity contribution < 1.29 is 19.0 Å². The van der Waals surface area contributed by atoms with E-state index in [-0.39, 0.29) is 23.8 Å². The average Bonchev–Trinajstić information content (AvgIpc) is 3.42. The van der Waals surface area contributed by atoms with Crippen LogP contribution in [0.1, 0.15) is 12.0 Å². The number of benzene rings is 2. The van der Waals surface area contributed by atoms with E-state index in [2.05, 4.69) is 9.88 Å². The second-order valence-electron chi connectivity index (χ2n) is 7.48. The van der Waals surface area contributed by atoms with Gasteiger partial charge < -0.3 is 14.7 Å². The molecule has 150 valence electrons. The topological polar surface area (TPSA) is 65.9 Å². The predicted octanol–water partition coefficient (Wildman–Crippen LogP) is 3.01. The number of nitrogens with zero attached hydrogens (tertiary/aromatic N) is 3. The van der Waals surface area contributed by atoms with Gasteiger partial charge in [-0.1, -0.05) is 29.5 Å². The Bertz CT molecular complexity index is 1040. The summed E-state index contributed by atoms with van der Waals surface area (Å²) in [5.41, 5.74) is 1.47. The minimum Gasteiger partial charge on any atom is -0.431 e. The summed E-state index contributed by atoms with van der Waals surface area (Å²) in [6.45, 7) is 1.35. The van der Waals surface area contributed by atoms with Gasteiger partial charge in [-0.25, -0.2) is 9.37 Å². The molecule has 5 rings (SSSR count). The van der Waals surface area contributed by atoms with Crippen LogP contribution < -0.4 is 4.74 Å². The standard InChI is InChI=1S/C21H20FN3O3S/c22-17-8-16(28-21-23-18-3-1-2-4-19(18)29-21)6-5-13(17)9-24-10-15-7-14(24)11-25(15)20(27)12-26/h1-6,8,14-15,26H,7,9-12H2/t14?,15-/m0/s1. The first kappa shape index (κ1) is 18.5. The molecular weight excluding hydrogens is 393 g/mol. The molecular formula is C21H20FN3O3S. The largest absolute Gasteiger partial charge is 0.431 e. The fourth-order valence-corrected chi connectivity index (χ4v) is 5.11. The second kappa shape index (κ2) is 7.37. The summed E-state index contributed by atoms with van der Waals surface area (Å²) in [5.74, 6) is -0.109. The van der Waals surface area contributed by atoms with Crippen LogP contribution >= 0.6 is 11.3 Å². The fraction of sp³-hybridized carbons (Fsp3) is 0.333. The maximum absolute atomic E-state index is 14.7. The quantitative estimate of drug-likeness (QED) is 0.697. The van der Waals surface area contributed by atoms with Crippen LogP contribution in [0.15, 0.2) is 42.5 Å². The van der Waals surface area contributed by atoms with Crippen LogP contribution in [-0.2, 0) is 11.3 Å². The van der Waals surface area contributed by atoms with Gasteiger partial charge in [0.05, 0.1) is 10.2 Å². The van der Waals surface area contributed by atoms with Gasteiger partial charge >= 0.3 is 0 Å². The molecule has 6 nitrogen and oxygen atoms in total. The monoisotopic (exact) mass is 413 g/mol. The van der Waals surface area contributed by atoms with Gasteiger partial charge in [0.1, 0.15) is 18.2 Å². The molecule has 2 atom stereocenters. The summed E-state index contributed by atoms with van der Waals surface area (Å²) in [7, 11) is 0. The van der Waals surface area contributed by atoms with E-state index in [9.17, 15) is 9.18 Å². The summed E-state index contributed by atoms with van der Waals surface area (Å²) in [5, 5.41) is 9.55. The zero-order chi connectivity index (χ0) is 20.0. The number of likely N-dealkylation sites (tertiary alicyclic amines) is 2. The number of amides is 1. The lowest BCUT2D eigenvalue weighted by Gasteiger charge is -2.34. The molecule has 2 bridgehead atoms. The molecule has 1 unspecified atom stereocenters. The van der Waals surface area contributed by atoms with Gasteiger partial charge in [0.15, 0.2) is 0 Å². The number of hydrogen-bond acceptors (Lipinski definition) is 6. The van der Waals surface area contributed by atoms with E-state index in [1.807, 2.05) is 24.3 Å². The molecule has 0 radical (unpaired) electrons. The number of aliphatic hydroxyl groups is 1. The SMILES string of the molecule is O=C(CO)N1CC2C[C@H]1CN2Cc1ccc(Oc2nc3ccccc3s2)cc1F. The van der Waals surface area contributed by atoms with Crippen molar-refractivity contribution in [2.45, 2.75) is 25.0 Å². The van der Waals surface area contributed by atoms with Crippen molar-refractivity contribution >= 4 is 27.5 Å². The summed E-state index contributed by atoms with van der Waals surface area (Å²) in [6, 6.07) is 13.0. The van der Waals surface area contributed by atoms with E-state index in [1.54, 1.807) is 17.0 Å². The average molecular weight is 413 g/mol. The van der Waals surface area contributed by atoms with Gasteiger partial charge in [-0.15, -0.1) is 0 Å². The Morgan fingerprint density at radius 1 is 1.24 bits per heavy atom. The van der Waals surface area contributed by atoms with Crippen LogP contribution in [0.3, 0.4) is 0 Å². The normalized spacial score (nSPS) is 21.2. The van der Waals surface area contributed by atoms with Crippen LogP contribution in [0.25, 0.3) is 10.2 Å². The zero-order valence-electron chi connectivity index (χ0n) is 15.6. The number of hydrogen-bond donors (Lipinski definition) is 1. The summed E-state index contributed by atoms with van der Waals surface area (Å²) >= 11 is 1.43. The Hall–Kier alpha value is -2.55. The second-order valence-corrected chi connectivity index (χ2v) is 8.47. The van der Waals surface area contributed by atoms with Crippen molar-refractivity contribution in [3.8, 4) is 10.9 Å². The van der Waals surface area contributed by atoms with Crippen molar-refractivity contribution in [1.29, 1.82) is 0 Å². The summed E-state index contributed by atoms with van der Waals surface area (Å²) in [4.78, 5) is 20.1. The number of ether oxygens (including phenoxy) is 1. The molecule has 29 heavy (non-hydrogen) atoms. The number of fused-ring (bicyclic) bond motifs is 3. The van der Waals surface area contributed by atoms with Gasteiger partial charge in [0.2, 0.25) is 5.91 Å². The third kappa shape index (κ3) is 3.48. The molecule has 0 spiro atoms. The molecule has 1 N–H and O–H groups in total. The Morgan fingerprint density at radius 2 is 2.10 bits per heavy atom. The highest BCUT2D eigenvalue weighted by Crippen LogP contribution is 2.34. The number of halogens is 1. The predicted molar refractivity (Wildman–Crippen MR) is 107 cm³/mol. The van der Waals surface area contributed by atoms with Gasteiger partial charge in [0, 0.05) is 43.3 Å². The Labute approximate surface area is 171 Å². The number of aliphatic hydroxyl groups excluding tert-OH is 1. The number of para-hydroxylation sites is 1. The van der Waals surface area contributed by atoms with Crippen molar-refractivity contribution in [3.63, 3.8) is 0 Å². The fourth-order valence-electron chi connectivity index (χ4n) is 4.27. The third-order valence-corrected chi connectivity index (χ3v) is 6.60. The molecule has 3 aromatic rings. The lowest BCUT2D eigenvalue weighted by atomic mass is 10.1. The zero-order valence-corrected chi connectivity index (χ0v) is 16.4. The first-order valence-electron chi connectivity index (χ1n) is 9.57. The molecule has 2 aliphatic heterocycles. The molecule has 0 saturated carbocycles. The van der Waals surface area contributed by atoms with Crippen molar-refractivity contribution in [2.75, 3.05) is 19.7 Å². The van der Waals surface area contributed by atoms with E-state index in [1.165, 1.54) is 17.4 Å². The van der Waals surface area contributed by atoms with Gasteiger partial charge in [-0.3, -0.25) is 9.69 Å². The molecule has 2 fully saturated rings. The van der Waals surface area contributed by atoms with Crippen molar-refractivity contribution in [3.05, 3.63) is 53.8 Å². The maximum Gasteiger partial charge on any atom is 0.279 e. The third-order valence-electron chi connectivity index (χ3n) is 5.69. The lowest BCUT2D eigenvalue weighted by molar-refractivity contribution is -0.136. The molecule has 2 aromatic carbocycles. The van der Waals surface area contributed by atoms with Crippen molar-refractivity contribution in [1.82, 2.24) is 14.8 Å². The number of thiazole rings is 1. The smallest absolute Gasteiger partial charge is 0.279 e. The van der Waals surface area contributed by atoms with Gasteiger partial charge in [-0.05, 0) is 24.6 Å². The molecule has 2 saturated heterocycles. The maximum atomic E-state index is 14.7. The van der Waals surface area contributed by atoms with Crippen LogP contribution in [0.5, 0.6) is 10.9 Å². The minimum absolute atomic E-state index is 0.115. The Kier molecular flexibility index (Phi) is 4.69. The lowest BCUT2D eigenvalue weighted by Crippen LogP contribution is -2.49. The molecule has 1 aromatic heterocycles. The highest BCUT2D eigenvalue weighted by atomic mass is 32.1. The van der Waals surface area contributed by atoms with E-state index in [4.69, 9.17) is 9.84 Å². The summed E-state index contributed by atoms with van der Waals surface area (Å²) < 4.78 is 21.5. The van der Waals surface area contributed by atoms with E-state index >= 15 is 0 Å². The van der Waals surface area contributed by atoms with Crippen LogP contribution in [0.2, 0.25) is 0 Å². The van der Waals surface area contributed by atoms with Crippen LogP contribution in [-0.4, -0.2) is 57.6 Å². The molecule has 8 heteroatoms. The van der Waals surface area contributed by atoms with Gasteiger partial charge in [0.25, 0.3) is 5.19 Å².